The summed E-state index contributed by atoms with van der Waals surface area (Å²) in [6.45, 7) is 5.48. The Morgan fingerprint density at radius 2 is 2.00 bits per heavy atom. The summed E-state index contributed by atoms with van der Waals surface area (Å²) in [6, 6.07) is 8.96. The monoisotopic (exact) mass is 388 g/mol. The molecule has 0 fully saturated rings. The Hall–Kier alpha value is -0.890. The molecule has 0 amide bonds. The van der Waals surface area contributed by atoms with E-state index in [0.717, 1.165) is 21.5 Å². The molecule has 1 heterocycles. The largest absolute Gasteiger partial charge is 0.312 e. The van der Waals surface area contributed by atoms with E-state index in [-0.39, 0.29) is 0 Å². The van der Waals surface area contributed by atoms with Gasteiger partial charge in [0, 0.05) is 15.9 Å². The number of nitrogens with one attached hydrogen (secondary N) is 2. The quantitative estimate of drug-likeness (QED) is 0.792. The molecule has 1 aromatic carbocycles. The van der Waals surface area contributed by atoms with Crippen molar-refractivity contribution in [3.8, 4) is 0 Å². The van der Waals surface area contributed by atoms with Crippen LogP contribution in [0.2, 0.25) is 0 Å². The zero-order chi connectivity index (χ0) is 15.5. The highest BCUT2D eigenvalue weighted by atomic mass is 79.9. The smallest absolute Gasteiger partial charge is 0.271 e. The minimum atomic E-state index is -3.55. The lowest BCUT2D eigenvalue weighted by molar-refractivity contribution is 0.603. The number of anilines is 1. The van der Waals surface area contributed by atoms with Gasteiger partial charge in [-0.2, -0.15) is 0 Å². The molecule has 2 aromatic rings. The fourth-order valence-electron chi connectivity index (χ4n) is 1.77. The molecule has 0 saturated carbocycles. The van der Waals surface area contributed by atoms with Gasteiger partial charge in [0.1, 0.15) is 4.21 Å². The molecule has 0 bridgehead atoms. The second-order valence-corrected chi connectivity index (χ2v) is 8.41. The SMILES string of the molecule is CCNCc1ccc(S(=O)(=O)Nc2cccc(C)c2Br)s1. The number of hydrogen-bond acceptors (Lipinski definition) is 4. The maximum Gasteiger partial charge on any atom is 0.271 e. The van der Waals surface area contributed by atoms with E-state index in [0.29, 0.717) is 16.4 Å². The van der Waals surface area contributed by atoms with Gasteiger partial charge in [0.2, 0.25) is 0 Å². The summed E-state index contributed by atoms with van der Waals surface area (Å²) in [5.41, 5.74) is 1.53. The Morgan fingerprint density at radius 1 is 1.24 bits per heavy atom. The lowest BCUT2D eigenvalue weighted by Crippen LogP contribution is -2.12. The van der Waals surface area contributed by atoms with Gasteiger partial charge in [-0.15, -0.1) is 11.3 Å². The number of hydrogen-bond donors (Lipinski definition) is 2. The van der Waals surface area contributed by atoms with E-state index in [1.54, 1.807) is 12.1 Å². The summed E-state index contributed by atoms with van der Waals surface area (Å²) >= 11 is 4.69. The van der Waals surface area contributed by atoms with E-state index in [2.05, 4.69) is 26.0 Å². The van der Waals surface area contributed by atoms with Crippen LogP contribution in [0.1, 0.15) is 17.4 Å². The molecule has 0 aliphatic carbocycles. The third kappa shape index (κ3) is 4.06. The first-order valence-electron chi connectivity index (χ1n) is 6.51. The molecule has 114 valence electrons. The van der Waals surface area contributed by atoms with Crippen molar-refractivity contribution in [1.82, 2.24) is 5.32 Å². The predicted octanol–water partition coefficient (Wildman–Crippen LogP) is 3.73. The van der Waals surface area contributed by atoms with Gasteiger partial charge in [-0.25, -0.2) is 8.42 Å². The van der Waals surface area contributed by atoms with Crippen LogP contribution in [-0.2, 0) is 16.6 Å². The van der Waals surface area contributed by atoms with Crippen molar-refractivity contribution in [3.63, 3.8) is 0 Å². The molecule has 0 saturated heterocycles. The maximum absolute atomic E-state index is 12.4. The Balaban J connectivity index is 2.22. The molecule has 0 spiro atoms. The lowest BCUT2D eigenvalue weighted by atomic mass is 10.2. The first kappa shape index (κ1) is 16.5. The van der Waals surface area contributed by atoms with Crippen LogP contribution in [-0.4, -0.2) is 15.0 Å². The predicted molar refractivity (Wildman–Crippen MR) is 91.4 cm³/mol. The molecule has 0 radical (unpaired) electrons. The van der Waals surface area contributed by atoms with Gasteiger partial charge < -0.3 is 5.32 Å². The molecule has 2 N–H and O–H groups in total. The summed E-state index contributed by atoms with van der Waals surface area (Å²) < 4.78 is 28.5. The van der Waals surface area contributed by atoms with Gasteiger partial charge in [0.25, 0.3) is 10.0 Å². The second-order valence-electron chi connectivity index (χ2n) is 4.54. The van der Waals surface area contributed by atoms with E-state index in [1.165, 1.54) is 11.3 Å². The fourth-order valence-corrected chi connectivity index (χ4v) is 4.66. The van der Waals surface area contributed by atoms with Crippen molar-refractivity contribution >= 4 is 43.0 Å². The van der Waals surface area contributed by atoms with Gasteiger partial charge in [0.05, 0.1) is 5.69 Å². The van der Waals surface area contributed by atoms with Gasteiger partial charge >= 0.3 is 0 Å². The van der Waals surface area contributed by atoms with Crippen LogP contribution in [0.15, 0.2) is 39.0 Å². The van der Waals surface area contributed by atoms with Crippen LogP contribution in [0.5, 0.6) is 0 Å². The Morgan fingerprint density at radius 3 is 2.71 bits per heavy atom. The molecule has 0 aliphatic rings. The summed E-state index contributed by atoms with van der Waals surface area (Å²) in [7, 11) is -3.55. The Kier molecular flexibility index (Phi) is 5.43. The molecule has 21 heavy (non-hydrogen) atoms. The molecular weight excluding hydrogens is 372 g/mol. The van der Waals surface area contributed by atoms with Gasteiger partial charge in [0.15, 0.2) is 0 Å². The number of thiophene rings is 1. The number of aryl methyl sites for hydroxylation is 1. The van der Waals surface area contributed by atoms with E-state index in [1.807, 2.05) is 32.0 Å². The topological polar surface area (TPSA) is 58.2 Å². The Labute approximate surface area is 137 Å². The van der Waals surface area contributed by atoms with Crippen LogP contribution < -0.4 is 10.0 Å². The summed E-state index contributed by atoms with van der Waals surface area (Å²) in [4.78, 5) is 1.00. The van der Waals surface area contributed by atoms with Crippen molar-refractivity contribution in [1.29, 1.82) is 0 Å². The molecular formula is C14H17BrN2O2S2. The first-order valence-corrected chi connectivity index (χ1v) is 9.60. The van der Waals surface area contributed by atoms with Crippen LogP contribution in [0, 0.1) is 6.92 Å². The van der Waals surface area contributed by atoms with Crippen molar-refractivity contribution < 1.29 is 8.42 Å². The number of halogens is 1. The molecule has 0 aliphatic heterocycles. The highest BCUT2D eigenvalue weighted by Crippen LogP contribution is 2.29. The summed E-state index contributed by atoms with van der Waals surface area (Å²) in [5, 5.41) is 3.18. The lowest BCUT2D eigenvalue weighted by Gasteiger charge is -2.09. The molecule has 2 rings (SSSR count). The van der Waals surface area contributed by atoms with Crippen molar-refractivity contribution in [2.45, 2.75) is 24.6 Å². The third-order valence-corrected chi connectivity index (χ3v) is 6.88. The fraction of sp³-hybridized carbons (Fsp3) is 0.286. The van der Waals surface area contributed by atoms with Gasteiger partial charge in [-0.05, 0) is 53.2 Å². The highest BCUT2D eigenvalue weighted by Gasteiger charge is 2.18. The number of rotatable bonds is 6. The average molecular weight is 389 g/mol. The number of benzene rings is 1. The third-order valence-electron chi connectivity index (χ3n) is 2.89. The Bertz CT molecular complexity index is 726. The van der Waals surface area contributed by atoms with Crippen molar-refractivity contribution in [2.75, 3.05) is 11.3 Å². The maximum atomic E-state index is 12.4. The van der Waals surface area contributed by atoms with Crippen LogP contribution in [0.25, 0.3) is 0 Å². The molecule has 7 heteroatoms. The average Bonchev–Trinajstić information content (AvgIpc) is 2.91. The normalized spacial score (nSPS) is 11.6. The zero-order valence-electron chi connectivity index (χ0n) is 11.8. The number of sulfonamides is 1. The molecule has 4 nitrogen and oxygen atoms in total. The van der Waals surface area contributed by atoms with E-state index in [4.69, 9.17) is 0 Å². The van der Waals surface area contributed by atoms with E-state index >= 15 is 0 Å². The van der Waals surface area contributed by atoms with Crippen LogP contribution >= 0.6 is 27.3 Å². The van der Waals surface area contributed by atoms with E-state index in [9.17, 15) is 8.42 Å². The standard InChI is InChI=1S/C14H17BrN2O2S2/c1-3-16-9-11-7-8-13(20-11)21(18,19)17-12-6-4-5-10(2)14(12)15/h4-8,16-17H,3,9H2,1-2H3. The van der Waals surface area contributed by atoms with Crippen LogP contribution in [0.3, 0.4) is 0 Å². The molecule has 0 unspecified atom stereocenters. The van der Waals surface area contributed by atoms with Gasteiger partial charge in [-0.1, -0.05) is 19.1 Å². The van der Waals surface area contributed by atoms with Crippen molar-refractivity contribution in [2.24, 2.45) is 0 Å². The first-order chi connectivity index (χ1) is 9.94. The van der Waals surface area contributed by atoms with Crippen molar-refractivity contribution in [3.05, 3.63) is 45.2 Å². The molecule has 0 atom stereocenters. The van der Waals surface area contributed by atoms with Gasteiger partial charge in [-0.3, -0.25) is 4.72 Å². The zero-order valence-corrected chi connectivity index (χ0v) is 15.0. The summed E-state index contributed by atoms with van der Waals surface area (Å²) in [5.74, 6) is 0. The minimum absolute atomic E-state index is 0.323. The highest BCUT2D eigenvalue weighted by molar-refractivity contribution is 9.10. The molecule has 1 aromatic heterocycles. The second kappa shape index (κ2) is 6.91. The summed E-state index contributed by atoms with van der Waals surface area (Å²) in [6.07, 6.45) is 0. The van der Waals surface area contributed by atoms with E-state index < -0.39 is 10.0 Å². The van der Waals surface area contributed by atoms with Crippen LogP contribution in [0.4, 0.5) is 5.69 Å². The minimum Gasteiger partial charge on any atom is -0.312 e.